The minimum absolute atomic E-state index is 0.0789. The third-order valence-corrected chi connectivity index (χ3v) is 4.04. The summed E-state index contributed by atoms with van der Waals surface area (Å²) in [6.07, 6.45) is 4.48. The van der Waals surface area contributed by atoms with Gasteiger partial charge in [0.1, 0.15) is 17.6 Å². The molecule has 0 spiro atoms. The van der Waals surface area contributed by atoms with Crippen molar-refractivity contribution in [2.24, 2.45) is 0 Å². The summed E-state index contributed by atoms with van der Waals surface area (Å²) in [5, 5.41) is 14.0. The van der Waals surface area contributed by atoms with Crippen molar-refractivity contribution in [3.8, 4) is 17.1 Å². The van der Waals surface area contributed by atoms with Crippen molar-refractivity contribution in [3.63, 3.8) is 0 Å². The third kappa shape index (κ3) is 3.56. The van der Waals surface area contributed by atoms with Gasteiger partial charge in [0, 0.05) is 30.1 Å². The Morgan fingerprint density at radius 3 is 2.76 bits per heavy atom. The lowest BCUT2D eigenvalue weighted by Crippen LogP contribution is -2.12. The van der Waals surface area contributed by atoms with Crippen LogP contribution in [0.1, 0.15) is 36.7 Å². The molecule has 7 nitrogen and oxygen atoms in total. The Balaban J connectivity index is 2.01. The molecular weight excluding hydrogens is 318 g/mol. The molecular formula is C18H23N5O2. The number of aromatic nitrogens is 4. The van der Waals surface area contributed by atoms with E-state index in [1.54, 1.807) is 12.3 Å². The number of benzene rings is 1. The minimum Gasteiger partial charge on any atom is -0.508 e. The molecule has 0 amide bonds. The summed E-state index contributed by atoms with van der Waals surface area (Å²) in [4.78, 5) is 10.9. The maximum absolute atomic E-state index is 10.1. The molecule has 0 unspecified atom stereocenters. The number of aromatic hydroxyl groups is 1. The molecule has 0 saturated heterocycles. The highest BCUT2D eigenvalue weighted by atomic mass is 16.5. The van der Waals surface area contributed by atoms with E-state index >= 15 is 0 Å². The summed E-state index contributed by atoms with van der Waals surface area (Å²) in [6.45, 7) is 4.53. The molecule has 0 fully saturated rings. The molecule has 7 heteroatoms. The zero-order chi connectivity index (χ0) is 18.0. The van der Waals surface area contributed by atoms with Crippen LogP contribution in [-0.4, -0.2) is 43.8 Å². The second-order valence-electron chi connectivity index (χ2n) is 6.34. The monoisotopic (exact) mass is 341 g/mol. The first-order chi connectivity index (χ1) is 12.0. The Bertz CT molecular complexity index is 853. The number of phenols is 1. The molecule has 0 saturated carbocycles. The average Bonchev–Trinajstić information content (AvgIpc) is 3.20. The van der Waals surface area contributed by atoms with E-state index in [9.17, 15) is 5.11 Å². The summed E-state index contributed by atoms with van der Waals surface area (Å²) in [5.74, 6) is 2.29. The van der Waals surface area contributed by atoms with Crippen molar-refractivity contribution in [1.29, 1.82) is 0 Å². The first kappa shape index (κ1) is 17.2. The Morgan fingerprint density at radius 1 is 1.32 bits per heavy atom. The Kier molecular flexibility index (Phi) is 4.85. The van der Waals surface area contributed by atoms with E-state index in [0.717, 1.165) is 23.4 Å². The summed E-state index contributed by atoms with van der Waals surface area (Å²) in [7, 11) is 3.94. The number of aryl methyl sites for hydroxylation is 1. The van der Waals surface area contributed by atoms with Crippen LogP contribution in [-0.2, 0) is 6.54 Å². The van der Waals surface area contributed by atoms with Crippen molar-refractivity contribution in [2.45, 2.75) is 32.9 Å². The van der Waals surface area contributed by atoms with Crippen molar-refractivity contribution in [2.75, 3.05) is 14.1 Å². The average molecular weight is 341 g/mol. The molecule has 0 bridgehead atoms. The zero-order valence-corrected chi connectivity index (χ0v) is 15.0. The van der Waals surface area contributed by atoms with Gasteiger partial charge in [-0.05, 0) is 45.6 Å². The molecule has 1 atom stereocenters. The highest BCUT2D eigenvalue weighted by Crippen LogP contribution is 2.30. The molecule has 2 aromatic heterocycles. The van der Waals surface area contributed by atoms with E-state index in [2.05, 4.69) is 22.0 Å². The highest BCUT2D eigenvalue weighted by molar-refractivity contribution is 5.59. The van der Waals surface area contributed by atoms with Crippen LogP contribution in [0.15, 0.2) is 35.1 Å². The molecule has 3 aromatic rings. The van der Waals surface area contributed by atoms with Crippen LogP contribution in [0.5, 0.6) is 5.75 Å². The van der Waals surface area contributed by atoms with E-state index in [1.165, 1.54) is 0 Å². The van der Waals surface area contributed by atoms with Crippen molar-refractivity contribution >= 4 is 0 Å². The number of rotatable bonds is 6. The molecule has 1 aromatic carbocycles. The molecule has 0 aliphatic rings. The predicted molar refractivity (Wildman–Crippen MR) is 94.2 cm³/mol. The Morgan fingerprint density at radius 2 is 2.12 bits per heavy atom. The fourth-order valence-electron chi connectivity index (χ4n) is 2.92. The molecule has 1 N–H and O–H groups in total. The van der Waals surface area contributed by atoms with Gasteiger partial charge >= 0.3 is 0 Å². The summed E-state index contributed by atoms with van der Waals surface area (Å²) in [6, 6.07) is 5.48. The van der Waals surface area contributed by atoms with Crippen LogP contribution in [0, 0.1) is 6.92 Å². The SMILES string of the molecule is CC[C@@H](c1nc(C)no1)n1ccnc1-c1ccc(O)c(CN(C)C)c1. The maximum Gasteiger partial charge on any atom is 0.249 e. The maximum atomic E-state index is 10.1. The third-order valence-electron chi connectivity index (χ3n) is 4.04. The zero-order valence-electron chi connectivity index (χ0n) is 15.0. The van der Waals surface area contributed by atoms with E-state index < -0.39 is 0 Å². The Hall–Kier alpha value is -2.67. The van der Waals surface area contributed by atoms with Crippen LogP contribution in [0.2, 0.25) is 0 Å². The van der Waals surface area contributed by atoms with Gasteiger partial charge in [0.25, 0.3) is 0 Å². The Labute approximate surface area is 146 Å². The van der Waals surface area contributed by atoms with Gasteiger partial charge in [-0.15, -0.1) is 0 Å². The largest absolute Gasteiger partial charge is 0.508 e. The second kappa shape index (κ2) is 7.06. The van der Waals surface area contributed by atoms with Gasteiger partial charge in [-0.25, -0.2) is 4.98 Å². The normalized spacial score (nSPS) is 12.7. The van der Waals surface area contributed by atoms with Gasteiger partial charge in [-0.1, -0.05) is 12.1 Å². The summed E-state index contributed by atoms with van der Waals surface area (Å²) >= 11 is 0. The fraction of sp³-hybridized carbons (Fsp3) is 0.389. The standard InChI is InChI=1S/C18H23N5O2/c1-5-15(18-20-12(2)21-25-18)23-9-8-19-17(23)13-6-7-16(24)14(10-13)11-22(3)4/h6-10,15,24H,5,11H2,1-4H3/t15-/m0/s1. The number of imidazole rings is 1. The smallest absolute Gasteiger partial charge is 0.249 e. The molecule has 0 aliphatic heterocycles. The van der Waals surface area contributed by atoms with E-state index in [-0.39, 0.29) is 11.8 Å². The predicted octanol–water partition coefficient (Wildman–Crippen LogP) is 3.01. The molecule has 25 heavy (non-hydrogen) atoms. The number of hydrogen-bond acceptors (Lipinski definition) is 6. The van der Waals surface area contributed by atoms with Crippen molar-refractivity contribution in [3.05, 3.63) is 47.9 Å². The molecule has 0 radical (unpaired) electrons. The van der Waals surface area contributed by atoms with Crippen LogP contribution < -0.4 is 0 Å². The van der Waals surface area contributed by atoms with Crippen LogP contribution >= 0.6 is 0 Å². The van der Waals surface area contributed by atoms with Crippen LogP contribution in [0.3, 0.4) is 0 Å². The first-order valence-electron chi connectivity index (χ1n) is 8.29. The summed E-state index contributed by atoms with van der Waals surface area (Å²) < 4.78 is 7.41. The molecule has 0 aliphatic carbocycles. The first-order valence-corrected chi connectivity index (χ1v) is 8.29. The van der Waals surface area contributed by atoms with Gasteiger partial charge in [0.15, 0.2) is 5.82 Å². The topological polar surface area (TPSA) is 80.2 Å². The fourth-order valence-corrected chi connectivity index (χ4v) is 2.92. The molecule has 2 heterocycles. The van der Waals surface area contributed by atoms with E-state index in [4.69, 9.17) is 4.52 Å². The number of phenolic OH excluding ortho intramolecular Hbond substituents is 1. The lowest BCUT2D eigenvalue weighted by Gasteiger charge is -2.17. The van der Waals surface area contributed by atoms with Gasteiger partial charge in [-0.2, -0.15) is 4.98 Å². The second-order valence-corrected chi connectivity index (χ2v) is 6.34. The molecule has 132 valence electrons. The quantitative estimate of drug-likeness (QED) is 0.742. The lowest BCUT2D eigenvalue weighted by molar-refractivity contribution is 0.331. The van der Waals surface area contributed by atoms with Crippen LogP contribution in [0.4, 0.5) is 0 Å². The highest BCUT2D eigenvalue weighted by Gasteiger charge is 2.22. The molecule has 3 rings (SSSR count). The van der Waals surface area contributed by atoms with Gasteiger partial charge in [0.2, 0.25) is 5.89 Å². The minimum atomic E-state index is -0.0789. The van der Waals surface area contributed by atoms with E-state index in [0.29, 0.717) is 18.3 Å². The number of hydrogen-bond donors (Lipinski definition) is 1. The number of nitrogens with zero attached hydrogens (tertiary/aromatic N) is 5. The van der Waals surface area contributed by atoms with Gasteiger partial charge in [0.05, 0.1) is 0 Å². The van der Waals surface area contributed by atoms with E-state index in [1.807, 2.05) is 48.8 Å². The van der Waals surface area contributed by atoms with Crippen molar-refractivity contribution in [1.82, 2.24) is 24.6 Å². The van der Waals surface area contributed by atoms with Gasteiger partial charge in [-0.3, -0.25) is 0 Å². The van der Waals surface area contributed by atoms with Crippen LogP contribution in [0.25, 0.3) is 11.4 Å². The van der Waals surface area contributed by atoms with Gasteiger partial charge < -0.3 is 19.1 Å². The van der Waals surface area contributed by atoms with Crippen molar-refractivity contribution < 1.29 is 9.63 Å². The summed E-state index contributed by atoms with van der Waals surface area (Å²) in [5.41, 5.74) is 1.80. The lowest BCUT2D eigenvalue weighted by atomic mass is 10.1.